The molecule has 2 aromatic rings. The van der Waals surface area contributed by atoms with E-state index >= 15 is 0 Å². The number of furan rings is 1. The Balaban J connectivity index is 2.20. The third kappa shape index (κ3) is 4.10. The molecule has 0 aliphatic carbocycles. The molecule has 102 valence electrons. The maximum atomic E-state index is 6.00. The van der Waals surface area contributed by atoms with Crippen LogP contribution in [0.2, 0.25) is 5.02 Å². The van der Waals surface area contributed by atoms with Gasteiger partial charge < -0.3 is 9.73 Å². The zero-order valence-electron chi connectivity index (χ0n) is 10.8. The number of benzene rings is 1. The van der Waals surface area contributed by atoms with Gasteiger partial charge in [0.2, 0.25) is 0 Å². The summed E-state index contributed by atoms with van der Waals surface area (Å²) >= 11 is 9.59. The van der Waals surface area contributed by atoms with Crippen molar-refractivity contribution in [3.8, 4) is 0 Å². The van der Waals surface area contributed by atoms with Gasteiger partial charge in [-0.2, -0.15) is 0 Å². The second-order valence-corrected chi connectivity index (χ2v) is 5.75. The van der Waals surface area contributed by atoms with Crippen LogP contribution in [-0.4, -0.2) is 6.54 Å². The number of rotatable bonds is 6. The molecule has 2 nitrogen and oxygen atoms in total. The van der Waals surface area contributed by atoms with Crippen LogP contribution in [-0.2, 0) is 6.42 Å². The van der Waals surface area contributed by atoms with Crippen molar-refractivity contribution < 1.29 is 4.42 Å². The molecule has 2 rings (SSSR count). The van der Waals surface area contributed by atoms with Gasteiger partial charge in [-0.15, -0.1) is 0 Å². The minimum Gasteiger partial charge on any atom is -0.469 e. The summed E-state index contributed by atoms with van der Waals surface area (Å²) in [6, 6.07) is 10.1. The predicted octanol–water partition coefficient (Wildman–Crippen LogP) is 4.98. The molecule has 1 N–H and O–H groups in total. The number of hydrogen-bond donors (Lipinski definition) is 1. The van der Waals surface area contributed by atoms with Crippen LogP contribution in [0.1, 0.15) is 30.7 Å². The zero-order valence-corrected chi connectivity index (χ0v) is 13.2. The molecule has 1 atom stereocenters. The van der Waals surface area contributed by atoms with Gasteiger partial charge in [0.1, 0.15) is 5.76 Å². The Morgan fingerprint density at radius 3 is 2.84 bits per heavy atom. The molecule has 0 amide bonds. The summed E-state index contributed by atoms with van der Waals surface area (Å²) < 4.78 is 6.48. The topological polar surface area (TPSA) is 25.2 Å². The molecule has 0 radical (unpaired) electrons. The largest absolute Gasteiger partial charge is 0.469 e. The van der Waals surface area contributed by atoms with E-state index in [2.05, 4.69) is 34.2 Å². The van der Waals surface area contributed by atoms with E-state index in [1.807, 2.05) is 24.3 Å². The molecule has 1 aromatic carbocycles. The summed E-state index contributed by atoms with van der Waals surface area (Å²) in [5, 5.41) is 4.29. The number of hydrogen-bond acceptors (Lipinski definition) is 2. The molecule has 0 aliphatic heterocycles. The second kappa shape index (κ2) is 7.13. The third-order valence-electron chi connectivity index (χ3n) is 2.96. The van der Waals surface area contributed by atoms with E-state index in [9.17, 15) is 0 Å². The minimum atomic E-state index is 0.220. The van der Waals surface area contributed by atoms with E-state index in [1.54, 1.807) is 6.26 Å². The molecule has 0 saturated heterocycles. The Kier molecular flexibility index (Phi) is 5.49. The maximum absolute atomic E-state index is 6.00. The molecule has 4 heteroatoms. The van der Waals surface area contributed by atoms with Gasteiger partial charge in [-0.1, -0.05) is 40.5 Å². The summed E-state index contributed by atoms with van der Waals surface area (Å²) in [5.74, 6) is 0.982. The van der Waals surface area contributed by atoms with Gasteiger partial charge >= 0.3 is 0 Å². The molecule has 1 heterocycles. The monoisotopic (exact) mass is 341 g/mol. The third-order valence-corrected chi connectivity index (χ3v) is 3.89. The van der Waals surface area contributed by atoms with E-state index in [0.29, 0.717) is 0 Å². The van der Waals surface area contributed by atoms with Gasteiger partial charge in [0.05, 0.1) is 6.26 Å². The molecule has 0 aliphatic rings. The van der Waals surface area contributed by atoms with E-state index in [4.69, 9.17) is 16.0 Å². The fourth-order valence-electron chi connectivity index (χ4n) is 2.02. The number of halogens is 2. The van der Waals surface area contributed by atoms with Gasteiger partial charge in [0.15, 0.2) is 0 Å². The molecular formula is C15H17BrClNO. The predicted molar refractivity (Wildman–Crippen MR) is 82.6 cm³/mol. The first kappa shape index (κ1) is 14.6. The first-order chi connectivity index (χ1) is 9.20. The van der Waals surface area contributed by atoms with Crippen molar-refractivity contribution >= 4 is 27.5 Å². The Morgan fingerprint density at radius 1 is 1.37 bits per heavy atom. The first-order valence-corrected chi connectivity index (χ1v) is 7.58. The fraction of sp³-hybridized carbons (Fsp3) is 0.333. The highest BCUT2D eigenvalue weighted by Gasteiger charge is 2.16. The molecule has 0 saturated carbocycles. The van der Waals surface area contributed by atoms with Crippen LogP contribution in [0.3, 0.4) is 0 Å². The summed E-state index contributed by atoms with van der Waals surface area (Å²) in [6.07, 6.45) is 3.64. The Morgan fingerprint density at radius 2 is 2.21 bits per heavy atom. The van der Waals surface area contributed by atoms with Crippen LogP contribution >= 0.6 is 27.5 Å². The van der Waals surface area contributed by atoms with Crippen LogP contribution in [0.25, 0.3) is 0 Å². The van der Waals surface area contributed by atoms with Crippen molar-refractivity contribution in [2.45, 2.75) is 25.8 Å². The minimum absolute atomic E-state index is 0.220. The van der Waals surface area contributed by atoms with E-state index < -0.39 is 0 Å². The zero-order chi connectivity index (χ0) is 13.7. The Bertz CT molecular complexity index is 513. The Labute approximate surface area is 127 Å². The van der Waals surface area contributed by atoms with Crippen LogP contribution < -0.4 is 5.32 Å². The number of nitrogens with one attached hydrogen (secondary N) is 1. The molecular weight excluding hydrogens is 326 g/mol. The molecule has 1 unspecified atom stereocenters. The van der Waals surface area contributed by atoms with Crippen LogP contribution in [0.5, 0.6) is 0 Å². The van der Waals surface area contributed by atoms with Crippen molar-refractivity contribution in [2.24, 2.45) is 0 Å². The first-order valence-electron chi connectivity index (χ1n) is 6.41. The van der Waals surface area contributed by atoms with Crippen LogP contribution in [0, 0.1) is 0 Å². The highest BCUT2D eigenvalue weighted by Crippen LogP contribution is 2.29. The van der Waals surface area contributed by atoms with Gasteiger partial charge in [0, 0.05) is 22.0 Å². The second-order valence-electron chi connectivity index (χ2n) is 4.46. The standard InChI is InChI=1S/C15H17BrClNO/c1-2-7-18-15(10-12-4-3-8-19-12)13-6-5-11(17)9-14(13)16/h3-6,8-9,15,18H,2,7,10H2,1H3. The summed E-state index contributed by atoms with van der Waals surface area (Å²) in [4.78, 5) is 0. The Hall–Kier alpha value is -0.770. The maximum Gasteiger partial charge on any atom is 0.105 e. The molecule has 0 fully saturated rings. The van der Waals surface area contributed by atoms with E-state index in [1.165, 1.54) is 5.56 Å². The normalized spacial score (nSPS) is 12.6. The average Bonchev–Trinajstić information content (AvgIpc) is 2.88. The lowest BCUT2D eigenvalue weighted by atomic mass is 10.0. The molecule has 0 bridgehead atoms. The summed E-state index contributed by atoms with van der Waals surface area (Å²) in [6.45, 7) is 3.13. The highest BCUT2D eigenvalue weighted by atomic mass is 79.9. The SMILES string of the molecule is CCCNC(Cc1ccco1)c1ccc(Cl)cc1Br. The van der Waals surface area contributed by atoms with Gasteiger partial charge in [0.25, 0.3) is 0 Å². The van der Waals surface area contributed by atoms with Crippen molar-refractivity contribution in [3.05, 3.63) is 57.4 Å². The lowest BCUT2D eigenvalue weighted by Crippen LogP contribution is -2.24. The van der Waals surface area contributed by atoms with Crippen molar-refractivity contribution in [1.82, 2.24) is 5.32 Å². The van der Waals surface area contributed by atoms with Crippen molar-refractivity contribution in [3.63, 3.8) is 0 Å². The smallest absolute Gasteiger partial charge is 0.105 e. The quantitative estimate of drug-likeness (QED) is 0.801. The summed E-state index contributed by atoms with van der Waals surface area (Å²) in [7, 11) is 0. The van der Waals surface area contributed by atoms with E-state index in [0.717, 1.165) is 34.6 Å². The van der Waals surface area contributed by atoms with Gasteiger partial charge in [-0.3, -0.25) is 0 Å². The van der Waals surface area contributed by atoms with Crippen LogP contribution in [0.4, 0.5) is 0 Å². The molecule has 1 aromatic heterocycles. The molecule has 19 heavy (non-hydrogen) atoms. The average molecular weight is 343 g/mol. The fourth-order valence-corrected chi connectivity index (χ4v) is 2.98. The lowest BCUT2D eigenvalue weighted by Gasteiger charge is -2.19. The highest BCUT2D eigenvalue weighted by molar-refractivity contribution is 9.10. The van der Waals surface area contributed by atoms with Gasteiger partial charge in [-0.05, 0) is 42.8 Å². The van der Waals surface area contributed by atoms with E-state index in [-0.39, 0.29) is 6.04 Å². The van der Waals surface area contributed by atoms with Crippen molar-refractivity contribution in [2.75, 3.05) is 6.54 Å². The lowest BCUT2D eigenvalue weighted by molar-refractivity contribution is 0.448. The molecule has 0 spiro atoms. The van der Waals surface area contributed by atoms with Gasteiger partial charge in [-0.25, -0.2) is 0 Å². The summed E-state index contributed by atoms with van der Waals surface area (Å²) in [5.41, 5.74) is 1.20. The van der Waals surface area contributed by atoms with Crippen molar-refractivity contribution in [1.29, 1.82) is 0 Å². The van der Waals surface area contributed by atoms with Crippen LogP contribution in [0.15, 0.2) is 45.5 Å².